The predicted molar refractivity (Wildman–Crippen MR) is 129 cm³/mol. The Kier molecular flexibility index (Phi) is 9.92. The second kappa shape index (κ2) is 10.9. The zero-order valence-corrected chi connectivity index (χ0v) is 25.2. The average Bonchev–Trinajstić information content (AvgIpc) is 2.60. The molecule has 1 unspecified atom stereocenters. The third-order valence-electron chi connectivity index (χ3n) is 3.64. The molecular formula is C18H38N2O8Si4. The van der Waals surface area contributed by atoms with Gasteiger partial charge in [0, 0.05) is 6.42 Å². The molecule has 0 bridgehead atoms. The fraction of sp³-hybridized carbons (Fsp3) is 0.778. The summed E-state index contributed by atoms with van der Waals surface area (Å²) in [6.45, 7) is 18.3. The number of esters is 2. The van der Waals surface area contributed by atoms with Crippen molar-refractivity contribution < 1.29 is 35.8 Å². The number of azo groups is 1. The lowest BCUT2D eigenvalue weighted by atomic mass is 10.0. The molecule has 1 atom stereocenters. The summed E-state index contributed by atoms with van der Waals surface area (Å²) in [6.07, 6.45) is 0.109. The molecule has 184 valence electrons. The van der Waals surface area contributed by atoms with E-state index in [-0.39, 0.29) is 18.7 Å². The van der Waals surface area contributed by atoms with E-state index in [4.69, 9.17) is 26.2 Å². The summed E-state index contributed by atoms with van der Waals surface area (Å²) < 4.78 is 35.4. The second-order valence-electron chi connectivity index (χ2n) is 10.3. The number of nitrogens with zero attached hydrogens (tertiary/aromatic N) is 2. The molecule has 0 spiro atoms. The number of ether oxygens (including phenoxy) is 2. The highest BCUT2D eigenvalue weighted by atomic mass is 28.5. The zero-order valence-electron chi connectivity index (χ0n) is 21.2. The van der Waals surface area contributed by atoms with Gasteiger partial charge in [0.2, 0.25) is 0 Å². The Hall–Kier alpha value is -1.01. The molecule has 14 heteroatoms. The summed E-state index contributed by atoms with van der Waals surface area (Å²) in [4.78, 5) is 24.3. The number of hydrogen-bond donors (Lipinski definition) is 0. The Morgan fingerprint density at radius 1 is 0.844 bits per heavy atom. The van der Waals surface area contributed by atoms with Crippen molar-refractivity contribution in [2.75, 3.05) is 20.8 Å². The van der Waals surface area contributed by atoms with E-state index in [1.807, 2.05) is 58.9 Å². The summed E-state index contributed by atoms with van der Waals surface area (Å²) in [5.41, 5.74) is 0.459. The highest BCUT2D eigenvalue weighted by molar-refractivity contribution is 6.87. The normalized spacial score (nSPS) is 18.0. The van der Waals surface area contributed by atoms with Crippen molar-refractivity contribution in [2.24, 2.45) is 10.2 Å². The van der Waals surface area contributed by atoms with Gasteiger partial charge in [-0.05, 0) is 64.5 Å². The Morgan fingerprint density at radius 2 is 1.31 bits per heavy atom. The van der Waals surface area contributed by atoms with Crippen LogP contribution in [0.2, 0.25) is 58.9 Å². The van der Waals surface area contributed by atoms with Crippen molar-refractivity contribution in [1.82, 2.24) is 0 Å². The van der Waals surface area contributed by atoms with Gasteiger partial charge in [-0.15, -0.1) is 5.11 Å². The lowest BCUT2D eigenvalue weighted by Crippen LogP contribution is -2.62. The van der Waals surface area contributed by atoms with E-state index in [1.54, 1.807) is 0 Å². The minimum absolute atomic E-state index is 0.00423. The van der Waals surface area contributed by atoms with Gasteiger partial charge in [0.1, 0.15) is 0 Å². The molecule has 0 saturated heterocycles. The molecule has 1 aliphatic rings. The Balaban J connectivity index is 3.39. The van der Waals surface area contributed by atoms with E-state index in [2.05, 4.69) is 10.2 Å². The molecule has 0 aromatic carbocycles. The SMILES string of the molecule is COC(=O)C1=C(CO[Si](O[Si](C)(C)C)(O[Si](C)(C)C)O[Si](C)(C)C)CC(C(=O)OC)N=N1. The summed E-state index contributed by atoms with van der Waals surface area (Å²) in [5.74, 6) is -1.21. The molecule has 0 aromatic rings. The van der Waals surface area contributed by atoms with Gasteiger partial charge in [0.15, 0.2) is 36.7 Å². The number of hydrogen-bond acceptors (Lipinski definition) is 10. The maximum atomic E-state index is 12.3. The summed E-state index contributed by atoms with van der Waals surface area (Å²) >= 11 is 0. The Morgan fingerprint density at radius 3 is 1.69 bits per heavy atom. The predicted octanol–water partition coefficient (Wildman–Crippen LogP) is 3.82. The molecule has 0 aliphatic carbocycles. The van der Waals surface area contributed by atoms with Crippen molar-refractivity contribution in [1.29, 1.82) is 0 Å². The third-order valence-corrected chi connectivity index (χ3v) is 14.5. The molecule has 0 radical (unpaired) electrons. The van der Waals surface area contributed by atoms with Crippen LogP contribution in [0.1, 0.15) is 6.42 Å². The number of rotatable bonds is 11. The van der Waals surface area contributed by atoms with E-state index >= 15 is 0 Å². The minimum atomic E-state index is -3.61. The van der Waals surface area contributed by atoms with Crippen molar-refractivity contribution in [3.8, 4) is 0 Å². The largest absolute Gasteiger partial charge is 0.647 e. The third kappa shape index (κ3) is 9.86. The Bertz CT molecular complexity index is 713. The molecule has 0 amide bonds. The monoisotopic (exact) mass is 522 g/mol. The van der Waals surface area contributed by atoms with Crippen molar-refractivity contribution in [2.45, 2.75) is 71.4 Å². The van der Waals surface area contributed by atoms with Crippen molar-refractivity contribution in [3.05, 3.63) is 11.3 Å². The quantitative estimate of drug-likeness (QED) is 0.297. The van der Waals surface area contributed by atoms with Crippen LogP contribution in [0.25, 0.3) is 0 Å². The highest BCUT2D eigenvalue weighted by Gasteiger charge is 2.54. The van der Waals surface area contributed by atoms with Gasteiger partial charge in [-0.1, -0.05) is 0 Å². The molecule has 10 nitrogen and oxygen atoms in total. The summed E-state index contributed by atoms with van der Waals surface area (Å²) in [6, 6.07) is -0.864. The molecule has 1 heterocycles. The van der Waals surface area contributed by atoms with Gasteiger partial charge in [-0.25, -0.2) is 9.59 Å². The molecule has 32 heavy (non-hydrogen) atoms. The van der Waals surface area contributed by atoms with E-state index in [0.717, 1.165) is 0 Å². The highest BCUT2D eigenvalue weighted by Crippen LogP contribution is 2.30. The molecular weight excluding hydrogens is 485 g/mol. The Labute approximate surface area is 195 Å². The van der Waals surface area contributed by atoms with Crippen molar-refractivity contribution in [3.63, 3.8) is 0 Å². The summed E-state index contributed by atoms with van der Waals surface area (Å²) in [5, 5.41) is 7.82. The van der Waals surface area contributed by atoms with Crippen LogP contribution in [0.3, 0.4) is 0 Å². The van der Waals surface area contributed by atoms with Gasteiger partial charge in [0.25, 0.3) is 0 Å². The maximum absolute atomic E-state index is 12.3. The first-order valence-electron chi connectivity index (χ1n) is 10.4. The fourth-order valence-electron chi connectivity index (χ4n) is 2.70. The molecule has 0 N–H and O–H groups in total. The van der Waals surface area contributed by atoms with Crippen LogP contribution in [0.4, 0.5) is 0 Å². The lowest BCUT2D eigenvalue weighted by Gasteiger charge is -2.41. The molecule has 1 rings (SSSR count). The van der Waals surface area contributed by atoms with E-state index in [9.17, 15) is 9.59 Å². The molecule has 0 fully saturated rings. The number of carbonyl (C=O) groups excluding carboxylic acids is 2. The second-order valence-corrected chi connectivity index (χ2v) is 26.7. The van der Waals surface area contributed by atoms with Crippen molar-refractivity contribution >= 4 is 45.9 Å². The minimum Gasteiger partial charge on any atom is -0.467 e. The standard InChI is InChI=1S/C18H38N2O8Si4/c1-23-17(21)15-12-14(16(20-19-15)18(22)24-2)13-25-32(26-29(3,4)5,27-30(6,7)8)28-31(9,10)11/h15H,12-13H2,1-11H3. The first-order valence-corrected chi connectivity index (χ1v) is 22.3. The van der Waals surface area contributed by atoms with Gasteiger partial charge in [0.05, 0.1) is 20.8 Å². The summed E-state index contributed by atoms with van der Waals surface area (Å²) in [7, 11) is -7.54. The zero-order chi connectivity index (χ0) is 25.0. The first-order chi connectivity index (χ1) is 14.4. The van der Waals surface area contributed by atoms with Crippen LogP contribution in [-0.4, -0.2) is 72.8 Å². The number of methoxy groups -OCH3 is 2. The van der Waals surface area contributed by atoms with Crippen LogP contribution >= 0.6 is 0 Å². The van der Waals surface area contributed by atoms with Crippen LogP contribution < -0.4 is 0 Å². The van der Waals surface area contributed by atoms with Crippen LogP contribution in [0.5, 0.6) is 0 Å². The van der Waals surface area contributed by atoms with Crippen LogP contribution in [0.15, 0.2) is 21.5 Å². The fourth-order valence-corrected chi connectivity index (χ4v) is 14.4. The molecule has 0 aromatic heterocycles. The molecule has 1 aliphatic heterocycles. The smallest absolute Gasteiger partial charge is 0.467 e. The molecule has 0 saturated carbocycles. The van der Waals surface area contributed by atoms with E-state index in [0.29, 0.717) is 5.57 Å². The topological polar surface area (TPSA) is 114 Å². The van der Waals surface area contributed by atoms with Gasteiger partial charge < -0.3 is 26.2 Å². The van der Waals surface area contributed by atoms with Gasteiger partial charge in [-0.3, -0.25) is 0 Å². The number of carbonyl (C=O) groups is 2. The van der Waals surface area contributed by atoms with Gasteiger partial charge in [-0.2, -0.15) is 5.11 Å². The van der Waals surface area contributed by atoms with E-state index < -0.39 is 52.0 Å². The van der Waals surface area contributed by atoms with Crippen LogP contribution in [-0.2, 0) is 35.8 Å². The first kappa shape index (κ1) is 29.0. The lowest BCUT2D eigenvalue weighted by molar-refractivity contribution is -0.142. The maximum Gasteiger partial charge on any atom is 0.647 e. The van der Waals surface area contributed by atoms with Gasteiger partial charge >= 0.3 is 21.0 Å². The van der Waals surface area contributed by atoms with E-state index in [1.165, 1.54) is 14.2 Å². The van der Waals surface area contributed by atoms with Crippen LogP contribution in [0, 0.1) is 0 Å². The average molecular weight is 523 g/mol.